The number of anilines is 1. The van der Waals surface area contributed by atoms with Gasteiger partial charge in [0.15, 0.2) is 11.0 Å². The normalized spacial score (nSPS) is 18.4. The second-order valence-electron chi connectivity index (χ2n) is 8.79. The summed E-state index contributed by atoms with van der Waals surface area (Å²) >= 11 is 0. The van der Waals surface area contributed by atoms with Crippen molar-refractivity contribution in [1.82, 2.24) is 4.90 Å². The average Bonchev–Trinajstić information content (AvgIpc) is 3.29. The van der Waals surface area contributed by atoms with Crippen LogP contribution >= 0.6 is 0 Å². The Bertz CT molecular complexity index is 1610. The molecule has 0 fully saturated rings. The molecule has 3 heterocycles. The number of para-hydroxylation sites is 2. The standard InChI is InChI=1S/C28H21FN2O5/c1-35-15-14-31-26(33)25-23(24(32)18-9-3-7-13-22(18)36-25)28(31)19-10-4-6-12-21(19)30(27(28)34)16-17-8-2-5-11-20(17)29/h2-13H,14-16H2,1H3. The molecular weight excluding hydrogens is 463 g/mol. The molecule has 0 saturated heterocycles. The summed E-state index contributed by atoms with van der Waals surface area (Å²) in [6, 6.07) is 19.8. The molecule has 0 radical (unpaired) electrons. The minimum atomic E-state index is -1.75. The van der Waals surface area contributed by atoms with Gasteiger partial charge in [-0.05, 0) is 24.3 Å². The maximum absolute atomic E-state index is 14.6. The van der Waals surface area contributed by atoms with Gasteiger partial charge in [-0.2, -0.15) is 0 Å². The highest BCUT2D eigenvalue weighted by molar-refractivity contribution is 6.17. The SMILES string of the molecule is COCCN1C(=O)c2oc3ccccc3c(=O)c2C12C(=O)N(Cc1ccccc1F)c1ccccc12. The van der Waals surface area contributed by atoms with Crippen molar-refractivity contribution < 1.29 is 23.1 Å². The van der Waals surface area contributed by atoms with Crippen molar-refractivity contribution in [1.29, 1.82) is 0 Å². The fourth-order valence-corrected chi connectivity index (χ4v) is 5.37. The van der Waals surface area contributed by atoms with Gasteiger partial charge in [0.25, 0.3) is 11.8 Å². The van der Waals surface area contributed by atoms with Crippen molar-refractivity contribution in [2.75, 3.05) is 25.2 Å². The van der Waals surface area contributed by atoms with Gasteiger partial charge in [-0.3, -0.25) is 14.4 Å². The van der Waals surface area contributed by atoms with Crippen molar-refractivity contribution in [3.05, 3.63) is 111 Å². The number of nitrogens with zero attached hydrogens (tertiary/aromatic N) is 2. The molecule has 2 amide bonds. The van der Waals surface area contributed by atoms with E-state index in [9.17, 15) is 18.8 Å². The summed E-state index contributed by atoms with van der Waals surface area (Å²) in [7, 11) is 1.49. The summed E-state index contributed by atoms with van der Waals surface area (Å²) in [5.41, 5.74) is -0.668. The summed E-state index contributed by atoms with van der Waals surface area (Å²) in [4.78, 5) is 44.9. The number of halogens is 1. The molecule has 0 bridgehead atoms. The molecule has 1 unspecified atom stereocenters. The summed E-state index contributed by atoms with van der Waals surface area (Å²) in [6.45, 7) is 0.117. The lowest BCUT2D eigenvalue weighted by molar-refractivity contribution is -0.126. The second-order valence-corrected chi connectivity index (χ2v) is 8.79. The lowest BCUT2D eigenvalue weighted by atomic mass is 9.84. The number of benzene rings is 3. The second kappa shape index (κ2) is 8.13. The smallest absolute Gasteiger partial charge is 0.291 e. The van der Waals surface area contributed by atoms with Crippen molar-refractivity contribution in [3.63, 3.8) is 0 Å². The number of hydrogen-bond acceptors (Lipinski definition) is 5. The molecule has 0 N–H and O–H groups in total. The van der Waals surface area contributed by atoms with E-state index in [-0.39, 0.29) is 42.0 Å². The Balaban J connectivity index is 1.65. The van der Waals surface area contributed by atoms with Gasteiger partial charge >= 0.3 is 0 Å². The summed E-state index contributed by atoms with van der Waals surface area (Å²) < 4.78 is 25.8. The molecule has 1 spiro atoms. The molecule has 6 rings (SSSR count). The van der Waals surface area contributed by atoms with Crippen LogP contribution in [0.5, 0.6) is 0 Å². The molecule has 2 aliphatic heterocycles. The Morgan fingerprint density at radius 2 is 1.67 bits per heavy atom. The maximum Gasteiger partial charge on any atom is 0.291 e. The fraction of sp³-hybridized carbons (Fsp3) is 0.179. The number of rotatable bonds is 5. The van der Waals surface area contributed by atoms with E-state index < -0.39 is 28.6 Å². The van der Waals surface area contributed by atoms with Gasteiger partial charge in [0.2, 0.25) is 5.76 Å². The van der Waals surface area contributed by atoms with Gasteiger partial charge in [-0.15, -0.1) is 0 Å². The van der Waals surface area contributed by atoms with Crippen molar-refractivity contribution in [2.45, 2.75) is 12.1 Å². The third-order valence-corrected chi connectivity index (χ3v) is 6.95. The van der Waals surface area contributed by atoms with E-state index in [2.05, 4.69) is 0 Å². The quantitative estimate of drug-likeness (QED) is 0.430. The van der Waals surface area contributed by atoms with Gasteiger partial charge < -0.3 is 19.0 Å². The highest BCUT2D eigenvalue weighted by Crippen LogP contribution is 2.52. The van der Waals surface area contributed by atoms with E-state index in [0.717, 1.165) is 0 Å². The van der Waals surface area contributed by atoms with Crippen molar-refractivity contribution in [3.8, 4) is 0 Å². The Morgan fingerprint density at radius 3 is 2.47 bits per heavy atom. The largest absolute Gasteiger partial charge is 0.450 e. The van der Waals surface area contributed by atoms with Crippen molar-refractivity contribution >= 4 is 28.5 Å². The van der Waals surface area contributed by atoms with Crippen LogP contribution in [0.4, 0.5) is 10.1 Å². The molecule has 180 valence electrons. The molecule has 1 aromatic heterocycles. The van der Waals surface area contributed by atoms with Gasteiger partial charge in [0.1, 0.15) is 11.4 Å². The van der Waals surface area contributed by atoms with Crippen LogP contribution in [0.1, 0.15) is 27.2 Å². The Kier molecular flexibility index (Phi) is 5.01. The van der Waals surface area contributed by atoms with Crippen molar-refractivity contribution in [2.24, 2.45) is 0 Å². The summed E-state index contributed by atoms with van der Waals surface area (Å²) in [6.07, 6.45) is 0. The Hall–Kier alpha value is -4.30. The van der Waals surface area contributed by atoms with Gasteiger partial charge in [-0.1, -0.05) is 48.5 Å². The van der Waals surface area contributed by atoms with E-state index in [1.165, 1.54) is 23.0 Å². The van der Waals surface area contributed by atoms with Crippen LogP contribution < -0.4 is 10.3 Å². The van der Waals surface area contributed by atoms with Gasteiger partial charge in [-0.25, -0.2) is 4.39 Å². The Morgan fingerprint density at radius 1 is 0.944 bits per heavy atom. The maximum atomic E-state index is 14.6. The molecular formula is C28H21FN2O5. The number of ether oxygens (including phenoxy) is 1. The third-order valence-electron chi connectivity index (χ3n) is 6.95. The lowest BCUT2D eigenvalue weighted by Crippen LogP contribution is -2.54. The first-order valence-electron chi connectivity index (χ1n) is 11.5. The first kappa shape index (κ1) is 22.2. The molecule has 8 heteroatoms. The van der Waals surface area contributed by atoms with E-state index in [1.807, 2.05) is 0 Å². The monoisotopic (exact) mass is 484 g/mol. The topological polar surface area (TPSA) is 80.1 Å². The minimum Gasteiger partial charge on any atom is -0.450 e. The molecule has 4 aromatic rings. The van der Waals surface area contributed by atoms with Gasteiger partial charge in [0, 0.05) is 24.8 Å². The number of fused-ring (bicyclic) bond motifs is 5. The van der Waals surface area contributed by atoms with E-state index >= 15 is 0 Å². The highest BCUT2D eigenvalue weighted by atomic mass is 19.1. The van der Waals surface area contributed by atoms with E-state index in [1.54, 1.807) is 66.7 Å². The number of amides is 2. The van der Waals surface area contributed by atoms with Crippen LogP contribution in [-0.2, 0) is 21.6 Å². The van der Waals surface area contributed by atoms with Crippen LogP contribution in [0, 0.1) is 5.82 Å². The molecule has 1 atom stereocenters. The van der Waals surface area contributed by atoms with E-state index in [4.69, 9.17) is 9.15 Å². The zero-order chi connectivity index (χ0) is 25.0. The van der Waals surface area contributed by atoms with Crippen LogP contribution in [0.3, 0.4) is 0 Å². The molecule has 7 nitrogen and oxygen atoms in total. The fourth-order valence-electron chi connectivity index (χ4n) is 5.37. The minimum absolute atomic E-state index is 0.0178. The highest BCUT2D eigenvalue weighted by Gasteiger charge is 2.64. The van der Waals surface area contributed by atoms with Gasteiger partial charge in [0.05, 0.1) is 29.8 Å². The summed E-state index contributed by atoms with van der Waals surface area (Å²) in [5, 5.41) is 0.273. The number of hydrogen-bond donors (Lipinski definition) is 0. The zero-order valence-electron chi connectivity index (χ0n) is 19.4. The number of methoxy groups -OCH3 is 1. The molecule has 0 saturated carbocycles. The first-order valence-corrected chi connectivity index (χ1v) is 11.5. The molecule has 2 aliphatic rings. The third kappa shape index (κ3) is 2.85. The first-order chi connectivity index (χ1) is 17.5. The predicted molar refractivity (Wildman–Crippen MR) is 130 cm³/mol. The van der Waals surface area contributed by atoms with Crippen LogP contribution in [0.2, 0.25) is 0 Å². The van der Waals surface area contributed by atoms with Crippen LogP contribution in [0.25, 0.3) is 11.0 Å². The van der Waals surface area contributed by atoms with Crippen LogP contribution in [-0.4, -0.2) is 37.0 Å². The molecule has 36 heavy (non-hydrogen) atoms. The number of carbonyl (C=O) groups excluding carboxylic acids is 2. The zero-order valence-corrected chi connectivity index (χ0v) is 19.4. The average molecular weight is 484 g/mol. The molecule has 0 aliphatic carbocycles. The number of carbonyl (C=O) groups is 2. The summed E-state index contributed by atoms with van der Waals surface area (Å²) in [5.74, 6) is -1.70. The van der Waals surface area contributed by atoms with E-state index in [0.29, 0.717) is 16.8 Å². The Labute approximate surface area is 205 Å². The molecule has 3 aromatic carbocycles. The lowest BCUT2D eigenvalue weighted by Gasteiger charge is -2.34. The van der Waals surface area contributed by atoms with Crippen LogP contribution in [0.15, 0.2) is 82.0 Å². The predicted octanol–water partition coefficient (Wildman–Crippen LogP) is 3.82.